The zero-order valence-corrected chi connectivity index (χ0v) is 13.3. The summed E-state index contributed by atoms with van der Waals surface area (Å²) in [6.45, 7) is 6.16. The Morgan fingerprint density at radius 1 is 1.33 bits per heavy atom. The molecule has 0 fully saturated rings. The van der Waals surface area contributed by atoms with Crippen LogP contribution in [0.15, 0.2) is 30.3 Å². The Kier molecular flexibility index (Phi) is 4.77. The highest BCUT2D eigenvalue weighted by Gasteiger charge is 2.14. The highest BCUT2D eigenvalue weighted by molar-refractivity contribution is 7.12. The Bertz CT molecular complexity index is 680. The minimum atomic E-state index is -0.00420. The van der Waals surface area contributed by atoms with Crippen LogP contribution in [0.3, 0.4) is 0 Å². The molecule has 2 aromatic rings. The maximum atomic E-state index is 12.1. The molecule has 0 aliphatic rings. The second-order valence-electron chi connectivity index (χ2n) is 5.14. The van der Waals surface area contributed by atoms with Gasteiger partial charge in [-0.25, -0.2) is 0 Å². The average Bonchev–Trinajstić information content (AvgIpc) is 2.78. The van der Waals surface area contributed by atoms with Gasteiger partial charge in [0.1, 0.15) is 0 Å². The smallest absolute Gasteiger partial charge is 0.224 e. The molecule has 1 unspecified atom stereocenters. The van der Waals surface area contributed by atoms with Crippen molar-refractivity contribution in [3.63, 3.8) is 0 Å². The fourth-order valence-electron chi connectivity index (χ4n) is 2.33. The SMILES string of the molecule is Cc1cc(C(C)NC(=O)Cc2ccc(C#N)cc2)c(C)s1. The van der Waals surface area contributed by atoms with Gasteiger partial charge in [0.05, 0.1) is 24.1 Å². The van der Waals surface area contributed by atoms with Crippen LogP contribution >= 0.6 is 11.3 Å². The van der Waals surface area contributed by atoms with Crippen LogP contribution in [0.5, 0.6) is 0 Å². The molecule has 0 saturated heterocycles. The topological polar surface area (TPSA) is 52.9 Å². The zero-order chi connectivity index (χ0) is 15.4. The van der Waals surface area contributed by atoms with Gasteiger partial charge in [-0.05, 0) is 50.1 Å². The van der Waals surface area contributed by atoms with Crippen molar-refractivity contribution in [3.8, 4) is 6.07 Å². The van der Waals surface area contributed by atoms with Crippen molar-refractivity contribution in [2.75, 3.05) is 0 Å². The van der Waals surface area contributed by atoms with Crippen molar-refractivity contribution in [1.29, 1.82) is 5.26 Å². The number of amides is 1. The normalized spacial score (nSPS) is 11.7. The van der Waals surface area contributed by atoms with Crippen molar-refractivity contribution in [3.05, 3.63) is 56.8 Å². The molecule has 1 aromatic carbocycles. The summed E-state index contributed by atoms with van der Waals surface area (Å²) in [7, 11) is 0. The van der Waals surface area contributed by atoms with Crippen LogP contribution in [0.25, 0.3) is 0 Å². The van der Waals surface area contributed by atoms with Crippen molar-refractivity contribution in [1.82, 2.24) is 5.32 Å². The van der Waals surface area contributed by atoms with Crippen LogP contribution in [0.2, 0.25) is 0 Å². The lowest BCUT2D eigenvalue weighted by Crippen LogP contribution is -2.28. The van der Waals surface area contributed by atoms with Crippen LogP contribution in [-0.2, 0) is 11.2 Å². The first-order valence-electron chi connectivity index (χ1n) is 6.85. The van der Waals surface area contributed by atoms with E-state index in [9.17, 15) is 4.79 Å². The maximum Gasteiger partial charge on any atom is 0.224 e. The van der Waals surface area contributed by atoms with Crippen LogP contribution in [-0.4, -0.2) is 5.91 Å². The summed E-state index contributed by atoms with van der Waals surface area (Å²) in [5.41, 5.74) is 2.71. The Balaban J connectivity index is 1.98. The third-order valence-corrected chi connectivity index (χ3v) is 4.35. The number of aryl methyl sites for hydroxylation is 2. The van der Waals surface area contributed by atoms with E-state index in [1.165, 1.54) is 15.3 Å². The second-order valence-corrected chi connectivity index (χ2v) is 6.60. The summed E-state index contributed by atoms with van der Waals surface area (Å²) in [4.78, 5) is 14.6. The number of nitriles is 1. The average molecular weight is 298 g/mol. The molecule has 1 aromatic heterocycles. The zero-order valence-electron chi connectivity index (χ0n) is 12.4. The Morgan fingerprint density at radius 2 is 2.00 bits per heavy atom. The van der Waals surface area contributed by atoms with E-state index in [-0.39, 0.29) is 11.9 Å². The van der Waals surface area contributed by atoms with Gasteiger partial charge in [-0.1, -0.05) is 12.1 Å². The van der Waals surface area contributed by atoms with Gasteiger partial charge in [-0.2, -0.15) is 5.26 Å². The first-order valence-corrected chi connectivity index (χ1v) is 7.66. The van der Waals surface area contributed by atoms with Gasteiger partial charge in [0.25, 0.3) is 0 Å². The molecule has 1 heterocycles. The second kappa shape index (κ2) is 6.55. The Morgan fingerprint density at radius 3 is 2.52 bits per heavy atom. The molecule has 21 heavy (non-hydrogen) atoms. The van der Waals surface area contributed by atoms with Crippen LogP contribution in [0, 0.1) is 25.2 Å². The Labute approximate surface area is 129 Å². The predicted octanol–water partition coefficient (Wildman–Crippen LogP) is 3.66. The maximum absolute atomic E-state index is 12.1. The van der Waals surface area contributed by atoms with E-state index < -0.39 is 0 Å². The Hall–Kier alpha value is -2.12. The lowest BCUT2D eigenvalue weighted by Gasteiger charge is -2.14. The highest BCUT2D eigenvalue weighted by atomic mass is 32.1. The number of carbonyl (C=O) groups excluding carboxylic acids is 1. The monoisotopic (exact) mass is 298 g/mol. The fraction of sp³-hybridized carbons (Fsp3) is 0.294. The van der Waals surface area contributed by atoms with Gasteiger partial charge in [-0.15, -0.1) is 11.3 Å². The summed E-state index contributed by atoms with van der Waals surface area (Å²) in [5, 5.41) is 11.8. The first kappa shape index (κ1) is 15.3. The van der Waals surface area contributed by atoms with E-state index in [0.29, 0.717) is 12.0 Å². The molecule has 0 aliphatic heterocycles. The molecular formula is C17H18N2OS. The van der Waals surface area contributed by atoms with Gasteiger partial charge in [0.15, 0.2) is 0 Å². The standard InChI is InChI=1S/C17H18N2OS/c1-11-8-16(13(3)21-11)12(2)19-17(20)9-14-4-6-15(10-18)7-5-14/h4-8,12H,9H2,1-3H3,(H,19,20). The van der Waals surface area contributed by atoms with Gasteiger partial charge in [0.2, 0.25) is 5.91 Å². The number of hydrogen-bond donors (Lipinski definition) is 1. The lowest BCUT2D eigenvalue weighted by atomic mass is 10.1. The van der Waals surface area contributed by atoms with E-state index in [1.54, 1.807) is 23.5 Å². The van der Waals surface area contributed by atoms with E-state index in [0.717, 1.165) is 5.56 Å². The largest absolute Gasteiger partial charge is 0.349 e. The molecule has 1 N–H and O–H groups in total. The molecule has 2 rings (SSSR count). The van der Waals surface area contributed by atoms with E-state index in [1.807, 2.05) is 19.1 Å². The number of hydrogen-bond acceptors (Lipinski definition) is 3. The van der Waals surface area contributed by atoms with Crippen molar-refractivity contribution < 1.29 is 4.79 Å². The molecule has 108 valence electrons. The molecule has 0 spiro atoms. The number of benzene rings is 1. The minimum Gasteiger partial charge on any atom is -0.349 e. The third kappa shape index (κ3) is 3.93. The summed E-state index contributed by atoms with van der Waals surface area (Å²) in [5.74, 6) is -0.00420. The predicted molar refractivity (Wildman–Crippen MR) is 85.2 cm³/mol. The van der Waals surface area contributed by atoms with Crippen LogP contribution in [0.1, 0.15) is 39.4 Å². The molecular weight excluding hydrogens is 280 g/mol. The first-order chi connectivity index (χ1) is 9.99. The summed E-state index contributed by atoms with van der Waals surface area (Å²) in [6, 6.07) is 11.3. The van der Waals surface area contributed by atoms with Gasteiger partial charge in [0, 0.05) is 9.75 Å². The van der Waals surface area contributed by atoms with E-state index in [2.05, 4.69) is 31.3 Å². The van der Waals surface area contributed by atoms with Crippen molar-refractivity contribution >= 4 is 17.2 Å². The minimum absolute atomic E-state index is 0.00420. The molecule has 0 bridgehead atoms. The number of rotatable bonds is 4. The quantitative estimate of drug-likeness (QED) is 0.936. The third-order valence-electron chi connectivity index (χ3n) is 3.37. The van der Waals surface area contributed by atoms with E-state index in [4.69, 9.17) is 5.26 Å². The molecule has 0 saturated carbocycles. The molecule has 4 heteroatoms. The van der Waals surface area contributed by atoms with Gasteiger partial charge < -0.3 is 5.32 Å². The molecule has 0 aliphatic carbocycles. The fourth-order valence-corrected chi connectivity index (χ4v) is 3.36. The molecule has 3 nitrogen and oxygen atoms in total. The van der Waals surface area contributed by atoms with Crippen molar-refractivity contribution in [2.45, 2.75) is 33.2 Å². The summed E-state index contributed by atoms with van der Waals surface area (Å²) >= 11 is 1.75. The van der Waals surface area contributed by atoms with Crippen LogP contribution < -0.4 is 5.32 Å². The molecule has 0 radical (unpaired) electrons. The van der Waals surface area contributed by atoms with Crippen LogP contribution in [0.4, 0.5) is 0 Å². The van der Waals surface area contributed by atoms with E-state index >= 15 is 0 Å². The summed E-state index contributed by atoms with van der Waals surface area (Å²) in [6.07, 6.45) is 0.332. The number of nitrogens with zero attached hydrogens (tertiary/aromatic N) is 1. The van der Waals surface area contributed by atoms with Gasteiger partial charge >= 0.3 is 0 Å². The summed E-state index contributed by atoms with van der Waals surface area (Å²) < 4.78 is 0. The lowest BCUT2D eigenvalue weighted by molar-refractivity contribution is -0.121. The number of carbonyl (C=O) groups is 1. The highest BCUT2D eigenvalue weighted by Crippen LogP contribution is 2.26. The van der Waals surface area contributed by atoms with Gasteiger partial charge in [-0.3, -0.25) is 4.79 Å². The number of nitrogens with one attached hydrogen (secondary N) is 1. The molecule has 1 atom stereocenters. The molecule has 1 amide bonds. The van der Waals surface area contributed by atoms with Crippen molar-refractivity contribution in [2.24, 2.45) is 0 Å². The number of thiophene rings is 1.